The number of amides is 1. The van der Waals surface area contributed by atoms with Gasteiger partial charge in [-0.15, -0.1) is 0 Å². The number of ether oxygens (including phenoxy) is 1. The number of carbonyl (C=O) groups excluding carboxylic acids is 1. The molecule has 0 radical (unpaired) electrons. The van der Waals surface area contributed by atoms with Gasteiger partial charge in [0.15, 0.2) is 11.3 Å². The van der Waals surface area contributed by atoms with Crippen molar-refractivity contribution in [2.75, 3.05) is 25.5 Å². The second-order valence-corrected chi connectivity index (χ2v) is 10.6. The maximum Gasteiger partial charge on any atom is 0.276 e. The largest absolute Gasteiger partial charge is 0.495 e. The summed E-state index contributed by atoms with van der Waals surface area (Å²) in [5.74, 6) is -0.200. The van der Waals surface area contributed by atoms with E-state index in [1.54, 1.807) is 30.5 Å². The summed E-state index contributed by atoms with van der Waals surface area (Å²) in [6, 6.07) is 14.2. The molecule has 0 spiro atoms. The predicted molar refractivity (Wildman–Crippen MR) is 144 cm³/mol. The van der Waals surface area contributed by atoms with Gasteiger partial charge in [-0.3, -0.25) is 4.79 Å². The Labute approximate surface area is 217 Å². The highest BCUT2D eigenvalue weighted by Crippen LogP contribution is 2.35. The first-order valence-electron chi connectivity index (χ1n) is 12.0. The van der Waals surface area contributed by atoms with E-state index in [4.69, 9.17) is 4.74 Å². The average molecular weight is 522 g/mol. The number of sulfonamides is 1. The van der Waals surface area contributed by atoms with Gasteiger partial charge in [0, 0.05) is 30.2 Å². The maximum atomic E-state index is 13.6. The molecule has 10 heteroatoms. The molecule has 2 aromatic carbocycles. The van der Waals surface area contributed by atoms with E-state index in [2.05, 4.69) is 15.4 Å². The fourth-order valence-corrected chi connectivity index (χ4v) is 6.02. The summed E-state index contributed by atoms with van der Waals surface area (Å²) < 4.78 is 35.4. The van der Waals surface area contributed by atoms with E-state index in [0.29, 0.717) is 35.6 Å². The fourth-order valence-electron chi connectivity index (χ4n) is 4.38. The van der Waals surface area contributed by atoms with E-state index in [-0.39, 0.29) is 16.3 Å². The number of nitrogens with one attached hydrogen (secondary N) is 1. The van der Waals surface area contributed by atoms with Crippen LogP contribution in [-0.2, 0) is 10.0 Å². The third kappa shape index (κ3) is 4.82. The molecule has 2 aromatic heterocycles. The van der Waals surface area contributed by atoms with Crippen LogP contribution < -0.4 is 10.1 Å². The molecule has 1 N–H and O–H groups in total. The minimum absolute atomic E-state index is 0.0187. The van der Waals surface area contributed by atoms with Crippen molar-refractivity contribution >= 4 is 27.3 Å². The second-order valence-electron chi connectivity index (χ2n) is 8.72. The van der Waals surface area contributed by atoms with Crippen LogP contribution in [0.4, 0.5) is 5.69 Å². The van der Waals surface area contributed by atoms with Crippen molar-refractivity contribution in [1.82, 2.24) is 18.9 Å². The summed E-state index contributed by atoms with van der Waals surface area (Å²) >= 11 is 0. The number of rotatable bonds is 8. The predicted octanol–water partition coefficient (Wildman–Crippen LogP) is 4.61. The Morgan fingerprint density at radius 1 is 1.05 bits per heavy atom. The Morgan fingerprint density at radius 3 is 2.41 bits per heavy atom. The van der Waals surface area contributed by atoms with E-state index in [9.17, 15) is 13.2 Å². The summed E-state index contributed by atoms with van der Waals surface area (Å²) in [5, 5.41) is 7.55. The minimum atomic E-state index is -3.85. The standard InChI is InChI=1S/C27H31N5O4S/c1-7-31(8-2)37(34,35)23-16-20(13-14-22(23)36-6)24-25(27(33)29-21-12-10-9-11-17(21)3)30-32-19(5)15-18(4)28-26(24)32/h9-16H,7-8H2,1-6H3,(H,29,33). The van der Waals surface area contributed by atoms with Crippen molar-refractivity contribution in [3.8, 4) is 16.9 Å². The zero-order valence-electron chi connectivity index (χ0n) is 21.9. The zero-order chi connectivity index (χ0) is 26.9. The first kappa shape index (κ1) is 26.3. The number of hydrogen-bond donors (Lipinski definition) is 1. The number of aromatic nitrogens is 3. The van der Waals surface area contributed by atoms with Crippen LogP contribution in [0.15, 0.2) is 53.4 Å². The van der Waals surface area contributed by atoms with E-state index < -0.39 is 15.9 Å². The number of aryl methyl sites for hydroxylation is 3. The fraction of sp³-hybridized carbons (Fsp3) is 0.296. The van der Waals surface area contributed by atoms with Crippen molar-refractivity contribution < 1.29 is 17.9 Å². The Morgan fingerprint density at radius 2 is 1.76 bits per heavy atom. The highest BCUT2D eigenvalue weighted by Gasteiger charge is 2.29. The van der Waals surface area contributed by atoms with Gasteiger partial charge in [0.2, 0.25) is 10.0 Å². The zero-order valence-corrected chi connectivity index (χ0v) is 22.7. The first-order chi connectivity index (χ1) is 17.6. The number of anilines is 1. The van der Waals surface area contributed by atoms with Crippen LogP contribution in [0.25, 0.3) is 16.8 Å². The van der Waals surface area contributed by atoms with Gasteiger partial charge in [0.25, 0.3) is 5.91 Å². The van der Waals surface area contributed by atoms with Gasteiger partial charge in [-0.1, -0.05) is 38.1 Å². The summed E-state index contributed by atoms with van der Waals surface area (Å²) in [4.78, 5) is 18.3. The molecule has 0 atom stereocenters. The molecule has 0 saturated carbocycles. The van der Waals surface area contributed by atoms with E-state index in [1.165, 1.54) is 17.5 Å². The number of methoxy groups -OCH3 is 1. The van der Waals surface area contributed by atoms with Gasteiger partial charge in [-0.05, 0) is 56.2 Å². The minimum Gasteiger partial charge on any atom is -0.495 e. The molecule has 0 aliphatic carbocycles. The molecule has 0 unspecified atom stereocenters. The van der Waals surface area contributed by atoms with Crippen LogP contribution >= 0.6 is 0 Å². The number of para-hydroxylation sites is 1. The van der Waals surface area contributed by atoms with Crippen molar-refractivity contribution in [2.24, 2.45) is 0 Å². The molecule has 9 nitrogen and oxygen atoms in total. The molecule has 0 bridgehead atoms. The maximum absolute atomic E-state index is 13.6. The lowest BCUT2D eigenvalue weighted by Gasteiger charge is -2.20. The lowest BCUT2D eigenvalue weighted by molar-refractivity contribution is 0.102. The van der Waals surface area contributed by atoms with Crippen LogP contribution in [0.2, 0.25) is 0 Å². The van der Waals surface area contributed by atoms with Crippen LogP contribution in [0, 0.1) is 20.8 Å². The molecule has 4 rings (SSSR count). The van der Waals surface area contributed by atoms with Crippen LogP contribution in [0.5, 0.6) is 5.75 Å². The SMILES string of the molecule is CCN(CC)S(=O)(=O)c1cc(-c2c(C(=O)Nc3ccccc3C)nn3c(C)cc(C)nc23)ccc1OC. The van der Waals surface area contributed by atoms with Gasteiger partial charge >= 0.3 is 0 Å². The lowest BCUT2D eigenvalue weighted by Crippen LogP contribution is -2.30. The third-order valence-corrected chi connectivity index (χ3v) is 8.35. The smallest absolute Gasteiger partial charge is 0.276 e. The van der Waals surface area contributed by atoms with Gasteiger partial charge in [-0.25, -0.2) is 17.9 Å². The normalized spacial score (nSPS) is 11.8. The Kier molecular flexibility index (Phi) is 7.33. The molecule has 37 heavy (non-hydrogen) atoms. The molecule has 0 aliphatic rings. The molecule has 0 saturated heterocycles. The van der Waals surface area contributed by atoms with Crippen molar-refractivity contribution in [1.29, 1.82) is 0 Å². The molecular weight excluding hydrogens is 490 g/mol. The molecule has 194 valence electrons. The van der Waals surface area contributed by atoms with Gasteiger partial charge in [-0.2, -0.15) is 9.40 Å². The third-order valence-electron chi connectivity index (χ3n) is 6.28. The van der Waals surface area contributed by atoms with E-state index in [0.717, 1.165) is 17.0 Å². The quantitative estimate of drug-likeness (QED) is 0.363. The number of benzene rings is 2. The van der Waals surface area contributed by atoms with Gasteiger partial charge in [0.05, 0.1) is 12.7 Å². The van der Waals surface area contributed by atoms with Crippen molar-refractivity contribution in [2.45, 2.75) is 39.5 Å². The Balaban J connectivity index is 1.97. The number of hydrogen-bond acceptors (Lipinski definition) is 6. The summed E-state index contributed by atoms with van der Waals surface area (Å²) in [7, 11) is -2.42. The topological polar surface area (TPSA) is 106 Å². The number of fused-ring (bicyclic) bond motifs is 1. The molecule has 0 fully saturated rings. The summed E-state index contributed by atoms with van der Waals surface area (Å²) in [6.07, 6.45) is 0. The second kappa shape index (κ2) is 10.3. The molecule has 1 amide bonds. The number of nitrogens with zero attached hydrogens (tertiary/aromatic N) is 4. The molecule has 4 aromatic rings. The van der Waals surface area contributed by atoms with Gasteiger partial charge in [0.1, 0.15) is 10.6 Å². The van der Waals surface area contributed by atoms with Crippen molar-refractivity contribution in [3.63, 3.8) is 0 Å². The average Bonchev–Trinajstić information content (AvgIpc) is 3.25. The van der Waals surface area contributed by atoms with Crippen LogP contribution in [-0.4, -0.2) is 53.4 Å². The van der Waals surface area contributed by atoms with Crippen molar-refractivity contribution in [3.05, 3.63) is 71.2 Å². The van der Waals surface area contributed by atoms with Gasteiger partial charge < -0.3 is 10.1 Å². The highest BCUT2D eigenvalue weighted by molar-refractivity contribution is 7.89. The lowest BCUT2D eigenvalue weighted by atomic mass is 10.0. The molecular formula is C27H31N5O4S. The summed E-state index contributed by atoms with van der Waals surface area (Å²) in [6.45, 7) is 9.84. The number of carbonyl (C=O) groups is 1. The highest BCUT2D eigenvalue weighted by atomic mass is 32.2. The van der Waals surface area contributed by atoms with Crippen LogP contribution in [0.3, 0.4) is 0 Å². The molecule has 2 heterocycles. The first-order valence-corrected chi connectivity index (χ1v) is 13.5. The Hall–Kier alpha value is -3.76. The molecule has 0 aliphatic heterocycles. The Bertz CT molecular complexity index is 1590. The summed E-state index contributed by atoms with van der Waals surface area (Å²) in [5.41, 5.74) is 4.65. The van der Waals surface area contributed by atoms with E-state index >= 15 is 0 Å². The monoisotopic (exact) mass is 521 g/mol. The van der Waals surface area contributed by atoms with E-state index in [1.807, 2.05) is 51.1 Å². The van der Waals surface area contributed by atoms with Crippen LogP contribution in [0.1, 0.15) is 41.3 Å².